The van der Waals surface area contributed by atoms with Crippen LogP contribution in [0.4, 0.5) is 0 Å². The van der Waals surface area contributed by atoms with Gasteiger partial charge < -0.3 is 4.74 Å². The third kappa shape index (κ3) is 8.31. The molecule has 0 aromatic rings. The Morgan fingerprint density at radius 3 is 2.60 bits per heavy atom. The molecule has 0 bridgehead atoms. The maximum atomic E-state index is 5.38. The van der Waals surface area contributed by atoms with Crippen LogP contribution in [-0.4, -0.2) is 24.7 Å². The summed E-state index contributed by atoms with van der Waals surface area (Å²) in [5, 5.41) is 0. The van der Waals surface area contributed by atoms with E-state index in [0.717, 1.165) is 19.0 Å². The van der Waals surface area contributed by atoms with Crippen LogP contribution in [0.5, 0.6) is 0 Å². The molecule has 62 valence electrons. The molecule has 0 aliphatic carbocycles. The predicted molar refractivity (Wildman–Crippen MR) is 48.7 cm³/mol. The van der Waals surface area contributed by atoms with Crippen LogP contribution in [0, 0.1) is 5.92 Å². The number of hydrogen-bond donors (Lipinski definition) is 0. The predicted octanol–water partition coefficient (Wildman–Crippen LogP) is 2.41. The van der Waals surface area contributed by atoms with Crippen molar-refractivity contribution in [1.82, 2.24) is 0 Å². The van der Waals surface area contributed by atoms with Crippen LogP contribution in [0.3, 0.4) is 0 Å². The van der Waals surface area contributed by atoms with Gasteiger partial charge in [-0.3, -0.25) is 0 Å². The summed E-state index contributed by atoms with van der Waals surface area (Å²) in [7, 11) is 0. The van der Waals surface area contributed by atoms with Gasteiger partial charge in [-0.1, -0.05) is 20.8 Å². The molecular formula is C8H18OS. The number of hydrogen-bond acceptors (Lipinski definition) is 2. The monoisotopic (exact) mass is 162 g/mol. The molecule has 0 heterocycles. The fourth-order valence-electron chi connectivity index (χ4n) is 0.581. The van der Waals surface area contributed by atoms with Gasteiger partial charge in [0.2, 0.25) is 0 Å². The lowest BCUT2D eigenvalue weighted by atomic mass is 10.2. The van der Waals surface area contributed by atoms with Crippen molar-refractivity contribution in [3.05, 3.63) is 0 Å². The van der Waals surface area contributed by atoms with Gasteiger partial charge >= 0.3 is 0 Å². The van der Waals surface area contributed by atoms with Crippen molar-refractivity contribution in [2.45, 2.75) is 20.8 Å². The van der Waals surface area contributed by atoms with E-state index in [2.05, 4.69) is 20.8 Å². The zero-order valence-electron chi connectivity index (χ0n) is 7.22. The Labute approximate surface area is 68.5 Å². The molecule has 0 unspecified atom stereocenters. The van der Waals surface area contributed by atoms with E-state index in [1.807, 2.05) is 11.8 Å². The summed E-state index contributed by atoms with van der Waals surface area (Å²) in [5.74, 6) is 3.01. The molecule has 0 aliphatic rings. The summed E-state index contributed by atoms with van der Waals surface area (Å²) in [6.45, 7) is 8.34. The van der Waals surface area contributed by atoms with Crippen molar-refractivity contribution in [1.29, 1.82) is 0 Å². The molecule has 2 heteroatoms. The first-order chi connectivity index (χ1) is 4.77. The number of rotatable bonds is 6. The molecule has 0 saturated carbocycles. The van der Waals surface area contributed by atoms with Crippen LogP contribution in [0.15, 0.2) is 0 Å². The Morgan fingerprint density at radius 2 is 2.10 bits per heavy atom. The third-order valence-electron chi connectivity index (χ3n) is 1.03. The molecule has 0 N–H and O–H groups in total. The quantitative estimate of drug-likeness (QED) is 0.555. The van der Waals surface area contributed by atoms with Crippen molar-refractivity contribution >= 4 is 11.8 Å². The molecule has 0 fully saturated rings. The van der Waals surface area contributed by atoms with E-state index in [9.17, 15) is 0 Å². The Hall–Kier alpha value is 0.310. The number of ether oxygens (including phenoxy) is 1. The summed E-state index contributed by atoms with van der Waals surface area (Å²) in [6, 6.07) is 0. The summed E-state index contributed by atoms with van der Waals surface area (Å²) in [4.78, 5) is 0. The average Bonchev–Trinajstić information content (AvgIpc) is 1.87. The topological polar surface area (TPSA) is 9.23 Å². The van der Waals surface area contributed by atoms with Crippen LogP contribution in [0.2, 0.25) is 0 Å². The fraction of sp³-hybridized carbons (Fsp3) is 1.00. The molecule has 0 amide bonds. The second-order valence-electron chi connectivity index (χ2n) is 2.67. The van der Waals surface area contributed by atoms with Crippen LogP contribution in [-0.2, 0) is 4.74 Å². The van der Waals surface area contributed by atoms with Gasteiger partial charge in [0.25, 0.3) is 0 Å². The second-order valence-corrected chi connectivity index (χ2v) is 4.06. The average molecular weight is 162 g/mol. The number of thioether (sulfide) groups is 1. The zero-order chi connectivity index (χ0) is 7.82. The SMILES string of the molecule is CCSCCOCC(C)C. The van der Waals surface area contributed by atoms with E-state index in [0.29, 0.717) is 5.92 Å². The summed E-state index contributed by atoms with van der Waals surface area (Å²) >= 11 is 1.93. The highest BCUT2D eigenvalue weighted by Gasteiger charge is 1.92. The lowest BCUT2D eigenvalue weighted by Crippen LogP contribution is -2.04. The smallest absolute Gasteiger partial charge is 0.0556 e. The Bertz CT molecular complexity index is 64.3. The normalized spacial score (nSPS) is 10.8. The standard InChI is InChI=1S/C8H18OS/c1-4-10-6-5-9-7-8(2)3/h8H,4-7H2,1-3H3. The highest BCUT2D eigenvalue weighted by molar-refractivity contribution is 7.99. The summed E-state index contributed by atoms with van der Waals surface area (Å²) in [6.07, 6.45) is 0. The molecule has 0 atom stereocenters. The van der Waals surface area contributed by atoms with E-state index < -0.39 is 0 Å². The fourth-order valence-corrected chi connectivity index (χ4v) is 1.11. The van der Waals surface area contributed by atoms with Gasteiger partial charge in [-0.25, -0.2) is 0 Å². The van der Waals surface area contributed by atoms with Crippen LogP contribution < -0.4 is 0 Å². The van der Waals surface area contributed by atoms with E-state index >= 15 is 0 Å². The molecule has 0 rings (SSSR count). The van der Waals surface area contributed by atoms with Crippen LogP contribution in [0.1, 0.15) is 20.8 Å². The van der Waals surface area contributed by atoms with Gasteiger partial charge in [-0.15, -0.1) is 0 Å². The van der Waals surface area contributed by atoms with Gasteiger partial charge in [0, 0.05) is 12.4 Å². The lowest BCUT2D eigenvalue weighted by molar-refractivity contribution is 0.124. The molecule has 0 aliphatic heterocycles. The second kappa shape index (κ2) is 7.42. The highest BCUT2D eigenvalue weighted by atomic mass is 32.2. The van der Waals surface area contributed by atoms with Crippen LogP contribution >= 0.6 is 11.8 Å². The van der Waals surface area contributed by atoms with Crippen molar-refractivity contribution in [3.63, 3.8) is 0 Å². The third-order valence-corrected chi connectivity index (χ3v) is 1.89. The minimum Gasteiger partial charge on any atom is -0.380 e. The van der Waals surface area contributed by atoms with Gasteiger partial charge in [-0.2, -0.15) is 11.8 Å². The zero-order valence-corrected chi connectivity index (χ0v) is 8.04. The lowest BCUT2D eigenvalue weighted by Gasteiger charge is -2.05. The largest absolute Gasteiger partial charge is 0.380 e. The Kier molecular flexibility index (Phi) is 7.65. The van der Waals surface area contributed by atoms with Crippen molar-refractivity contribution < 1.29 is 4.74 Å². The molecule has 0 aromatic carbocycles. The Morgan fingerprint density at radius 1 is 1.40 bits per heavy atom. The Balaban J connectivity index is 2.77. The van der Waals surface area contributed by atoms with Gasteiger partial charge in [0.1, 0.15) is 0 Å². The molecule has 0 saturated heterocycles. The molecular weight excluding hydrogens is 144 g/mol. The van der Waals surface area contributed by atoms with Crippen molar-refractivity contribution in [3.8, 4) is 0 Å². The summed E-state index contributed by atoms with van der Waals surface area (Å²) in [5.41, 5.74) is 0. The van der Waals surface area contributed by atoms with E-state index in [1.54, 1.807) is 0 Å². The van der Waals surface area contributed by atoms with Gasteiger partial charge in [0.15, 0.2) is 0 Å². The van der Waals surface area contributed by atoms with Crippen LogP contribution in [0.25, 0.3) is 0 Å². The molecule has 0 spiro atoms. The highest BCUT2D eigenvalue weighted by Crippen LogP contribution is 1.98. The first-order valence-electron chi connectivity index (χ1n) is 3.92. The first kappa shape index (κ1) is 10.3. The van der Waals surface area contributed by atoms with Crippen molar-refractivity contribution in [2.75, 3.05) is 24.7 Å². The molecule has 10 heavy (non-hydrogen) atoms. The molecule has 1 nitrogen and oxygen atoms in total. The maximum absolute atomic E-state index is 5.38. The van der Waals surface area contributed by atoms with E-state index in [-0.39, 0.29) is 0 Å². The van der Waals surface area contributed by atoms with Gasteiger partial charge in [0.05, 0.1) is 6.61 Å². The van der Waals surface area contributed by atoms with E-state index in [1.165, 1.54) is 5.75 Å². The molecule has 0 radical (unpaired) electrons. The van der Waals surface area contributed by atoms with Gasteiger partial charge in [-0.05, 0) is 11.7 Å². The van der Waals surface area contributed by atoms with Crippen molar-refractivity contribution in [2.24, 2.45) is 5.92 Å². The minimum absolute atomic E-state index is 0.673. The summed E-state index contributed by atoms with van der Waals surface area (Å²) < 4.78 is 5.38. The maximum Gasteiger partial charge on any atom is 0.0556 e. The minimum atomic E-state index is 0.673. The first-order valence-corrected chi connectivity index (χ1v) is 5.08. The molecule has 0 aromatic heterocycles. The van der Waals surface area contributed by atoms with E-state index in [4.69, 9.17) is 4.74 Å².